The number of carbonyl (C=O) groups is 1. The van der Waals surface area contributed by atoms with Crippen LogP contribution in [-0.4, -0.2) is 31.0 Å². The number of Topliss-reactive ketones (excluding diaryl/α,β-unsaturated/α-hetero) is 1. The van der Waals surface area contributed by atoms with E-state index in [1.807, 2.05) is 13.8 Å². The van der Waals surface area contributed by atoms with Gasteiger partial charge in [0.15, 0.2) is 0 Å². The van der Waals surface area contributed by atoms with Crippen molar-refractivity contribution < 1.29 is 18.7 Å². The Labute approximate surface area is 95.9 Å². The summed E-state index contributed by atoms with van der Waals surface area (Å²) < 4.78 is 21.1. The molecule has 2 saturated carbocycles. The summed E-state index contributed by atoms with van der Waals surface area (Å²) in [5.74, 6) is 0.296. The van der Waals surface area contributed by atoms with Crippen molar-refractivity contribution in [2.75, 3.05) is 5.75 Å². The molecule has 0 aromatic rings. The first-order chi connectivity index (χ1) is 7.25. The molecule has 4 nitrogen and oxygen atoms in total. The third-order valence-corrected chi connectivity index (χ3v) is 5.99. The molecular formula is C11H18O4S. The van der Waals surface area contributed by atoms with Crippen LogP contribution in [0.5, 0.6) is 0 Å². The van der Waals surface area contributed by atoms with Crippen molar-refractivity contribution in [2.45, 2.75) is 33.1 Å². The molecule has 0 saturated heterocycles. The highest BCUT2D eigenvalue weighted by Crippen LogP contribution is 2.64. The molecule has 0 aromatic heterocycles. The summed E-state index contributed by atoms with van der Waals surface area (Å²) in [5, 5.41) is 8.77. The summed E-state index contributed by atoms with van der Waals surface area (Å²) in [6.07, 6.45) is 2.14. The summed E-state index contributed by atoms with van der Waals surface area (Å²) in [6, 6.07) is 0. The van der Waals surface area contributed by atoms with Crippen LogP contribution in [0, 0.1) is 16.7 Å². The number of rotatable bonds is 2. The van der Waals surface area contributed by atoms with Crippen molar-refractivity contribution in [3.63, 3.8) is 0 Å². The summed E-state index contributed by atoms with van der Waals surface area (Å²) in [4.78, 5) is 12.0. The van der Waals surface area contributed by atoms with E-state index in [4.69, 9.17) is 5.11 Å². The van der Waals surface area contributed by atoms with Gasteiger partial charge in [-0.25, -0.2) is 4.21 Å². The number of carbonyl (C=O) groups excluding carboxylic acids is 1. The van der Waals surface area contributed by atoms with Gasteiger partial charge in [-0.2, -0.15) is 0 Å². The van der Waals surface area contributed by atoms with Crippen LogP contribution in [-0.2, 0) is 14.6 Å². The van der Waals surface area contributed by atoms with Gasteiger partial charge in [-0.3, -0.25) is 4.79 Å². The van der Waals surface area contributed by atoms with Crippen molar-refractivity contribution in [1.29, 1.82) is 0 Å². The van der Waals surface area contributed by atoms with E-state index in [1.165, 1.54) is 0 Å². The Balaban J connectivity index is 2.44. The zero-order valence-corrected chi connectivity index (χ0v) is 10.4. The third kappa shape index (κ3) is 1.38. The fourth-order valence-electron chi connectivity index (χ4n) is 3.50. The maximum Gasteiger partial charge on any atom is 0.140 e. The van der Waals surface area contributed by atoms with Crippen LogP contribution in [0.3, 0.4) is 0 Å². The van der Waals surface area contributed by atoms with Crippen molar-refractivity contribution in [3.05, 3.63) is 0 Å². The van der Waals surface area contributed by atoms with Crippen molar-refractivity contribution in [2.24, 2.45) is 16.7 Å². The van der Waals surface area contributed by atoms with E-state index in [1.54, 1.807) is 0 Å². The van der Waals surface area contributed by atoms with Gasteiger partial charge < -0.3 is 9.66 Å². The van der Waals surface area contributed by atoms with Crippen molar-refractivity contribution in [1.82, 2.24) is 0 Å². The van der Waals surface area contributed by atoms with Gasteiger partial charge in [0.25, 0.3) is 0 Å². The SMILES string of the molecule is CC1(C)C2CC[C@@]1(CS(=O)(O)=CO)C(=O)C2. The lowest BCUT2D eigenvalue weighted by atomic mass is 9.70. The molecule has 5 heteroatoms. The summed E-state index contributed by atoms with van der Waals surface area (Å²) in [6.45, 7) is 4.00. The minimum Gasteiger partial charge on any atom is -0.358 e. The first-order valence-corrected chi connectivity index (χ1v) is 7.25. The molecule has 2 N–H and O–H groups in total. The Hall–Kier alpha value is -0.390. The van der Waals surface area contributed by atoms with E-state index < -0.39 is 15.2 Å². The highest BCUT2D eigenvalue weighted by Gasteiger charge is 2.64. The maximum absolute atomic E-state index is 12.0. The molecule has 2 aliphatic carbocycles. The van der Waals surface area contributed by atoms with Crippen LogP contribution in [0.25, 0.3) is 0 Å². The lowest BCUT2D eigenvalue weighted by molar-refractivity contribution is -0.128. The van der Waals surface area contributed by atoms with Crippen molar-refractivity contribution in [3.8, 4) is 0 Å². The van der Waals surface area contributed by atoms with E-state index in [0.717, 1.165) is 6.42 Å². The fraction of sp³-hybridized carbons (Fsp3) is 0.818. The average Bonchev–Trinajstić information content (AvgIpc) is 2.51. The Kier molecular flexibility index (Phi) is 2.50. The number of aliphatic hydroxyl groups is 1. The molecular weight excluding hydrogens is 228 g/mol. The zero-order chi connectivity index (χ0) is 12.2. The molecule has 16 heavy (non-hydrogen) atoms. The monoisotopic (exact) mass is 246 g/mol. The summed E-state index contributed by atoms with van der Waals surface area (Å²) >= 11 is 0. The van der Waals surface area contributed by atoms with Crippen LogP contribution in [0.1, 0.15) is 33.1 Å². The first-order valence-electron chi connectivity index (χ1n) is 5.50. The number of hydrogen-bond donors (Lipinski definition) is 2. The number of ketones is 1. The van der Waals surface area contributed by atoms with Crippen LogP contribution in [0.15, 0.2) is 0 Å². The highest BCUT2D eigenvalue weighted by atomic mass is 32.2. The summed E-state index contributed by atoms with van der Waals surface area (Å²) in [5.41, 5.74) is -0.585. The molecule has 2 unspecified atom stereocenters. The molecule has 2 fully saturated rings. The van der Waals surface area contributed by atoms with Gasteiger partial charge in [0.05, 0.1) is 5.75 Å². The van der Waals surface area contributed by atoms with Gasteiger partial charge in [0, 0.05) is 11.8 Å². The van der Waals surface area contributed by atoms with Gasteiger partial charge in [-0.05, 0) is 24.2 Å². The molecule has 2 bridgehead atoms. The van der Waals surface area contributed by atoms with E-state index in [-0.39, 0.29) is 17.0 Å². The predicted octanol–water partition coefficient (Wildman–Crippen LogP) is 1.46. The van der Waals surface area contributed by atoms with E-state index in [2.05, 4.69) is 0 Å². The topological polar surface area (TPSA) is 74.6 Å². The molecule has 0 amide bonds. The Morgan fingerprint density at radius 1 is 1.56 bits per heavy atom. The van der Waals surface area contributed by atoms with Gasteiger partial charge in [0.1, 0.15) is 21.1 Å². The van der Waals surface area contributed by atoms with Gasteiger partial charge >= 0.3 is 0 Å². The predicted molar refractivity (Wildman–Crippen MR) is 62.9 cm³/mol. The average molecular weight is 246 g/mol. The number of fused-ring (bicyclic) bond motifs is 2. The summed E-state index contributed by atoms with van der Waals surface area (Å²) in [7, 11) is -3.39. The zero-order valence-electron chi connectivity index (χ0n) is 9.60. The second kappa shape index (κ2) is 3.31. The van der Waals surface area contributed by atoms with Crippen LogP contribution in [0.2, 0.25) is 0 Å². The largest absolute Gasteiger partial charge is 0.358 e. The number of hydrogen-bond acceptors (Lipinski definition) is 2. The molecule has 0 spiro atoms. The smallest absolute Gasteiger partial charge is 0.140 e. The molecule has 0 aromatic carbocycles. The second-order valence-electron chi connectivity index (χ2n) is 5.61. The van der Waals surface area contributed by atoms with E-state index in [9.17, 15) is 13.6 Å². The van der Waals surface area contributed by atoms with Crippen LogP contribution in [0.4, 0.5) is 0 Å². The van der Waals surface area contributed by atoms with Gasteiger partial charge in [-0.15, -0.1) is 0 Å². The molecule has 2 rings (SSSR count). The van der Waals surface area contributed by atoms with Gasteiger partial charge in [-0.1, -0.05) is 13.8 Å². The minimum atomic E-state index is -3.39. The standard InChI is InChI=1S/C11H18O4S/c1-10(2)8-3-4-11(10,9(13)5-8)6-16(14,15)7-12/h7-8,12H,3-6H2,1-2H3,(H,14,15)/t8?,11-/m1/s1. The molecule has 92 valence electrons. The second-order valence-corrected chi connectivity index (χ2v) is 7.49. The van der Waals surface area contributed by atoms with Crippen LogP contribution < -0.4 is 0 Å². The number of aliphatic hydroxyl groups excluding tert-OH is 1. The Bertz CT molecular complexity index is 445. The lowest BCUT2D eigenvalue weighted by Gasteiger charge is -2.36. The molecule has 2 aliphatic rings. The quantitative estimate of drug-likeness (QED) is 0.723. The molecule has 0 heterocycles. The Morgan fingerprint density at radius 2 is 2.19 bits per heavy atom. The first kappa shape index (κ1) is 12.1. The maximum atomic E-state index is 12.0. The molecule has 0 radical (unpaired) electrons. The minimum absolute atomic E-state index is 0.0948. The molecule has 3 atom stereocenters. The highest BCUT2D eigenvalue weighted by molar-refractivity contribution is 7.95. The normalized spacial score (nSPS) is 39.8. The molecule has 0 aliphatic heterocycles. The van der Waals surface area contributed by atoms with E-state index >= 15 is 0 Å². The van der Waals surface area contributed by atoms with E-state index in [0.29, 0.717) is 24.3 Å². The Morgan fingerprint density at radius 3 is 2.56 bits per heavy atom. The van der Waals surface area contributed by atoms with Gasteiger partial charge in [0.2, 0.25) is 0 Å². The lowest BCUT2D eigenvalue weighted by Crippen LogP contribution is -2.42. The van der Waals surface area contributed by atoms with Crippen LogP contribution >= 0.6 is 0 Å². The third-order valence-electron chi connectivity index (χ3n) is 4.76. The fourth-order valence-corrected chi connectivity index (χ4v) is 4.96. The van der Waals surface area contributed by atoms with Crippen molar-refractivity contribution >= 4 is 21.1 Å².